The lowest BCUT2D eigenvalue weighted by Crippen LogP contribution is -2.34. The Morgan fingerprint density at radius 3 is 2.92 bits per heavy atom. The molecule has 0 unspecified atom stereocenters. The average molecular weight is 198 g/mol. The largest absolute Gasteiger partial charge is 0.359 e. The minimum atomic E-state index is 0.720. The molecule has 0 aliphatic carbocycles. The van der Waals surface area contributed by atoms with Gasteiger partial charge in [0.2, 0.25) is 0 Å². The number of rotatable bonds is 2. The predicted octanol–water partition coefficient (Wildman–Crippen LogP) is 0.746. The van der Waals surface area contributed by atoms with Crippen LogP contribution in [0.5, 0.6) is 0 Å². The summed E-state index contributed by atoms with van der Waals surface area (Å²) in [5.74, 6) is 0.783. The molecule has 5 heteroatoms. The fraction of sp³-hybridized carbons (Fsp3) is 0.500. The van der Waals surface area contributed by atoms with Gasteiger partial charge in [0.05, 0.1) is 17.2 Å². The summed E-state index contributed by atoms with van der Waals surface area (Å²) < 4.78 is 0. The van der Waals surface area contributed by atoms with Gasteiger partial charge in [0.25, 0.3) is 0 Å². The molecule has 1 rings (SSSR count). The van der Waals surface area contributed by atoms with Crippen LogP contribution in [0.15, 0.2) is 10.4 Å². The van der Waals surface area contributed by atoms with Crippen LogP contribution < -0.4 is 10.6 Å². The lowest BCUT2D eigenvalue weighted by Gasteiger charge is -2.05. The molecule has 0 saturated carbocycles. The molecule has 0 amide bonds. The summed E-state index contributed by atoms with van der Waals surface area (Å²) in [4.78, 5) is 8.32. The van der Waals surface area contributed by atoms with E-state index in [0.29, 0.717) is 0 Å². The molecule has 0 spiro atoms. The first kappa shape index (κ1) is 9.98. The Balaban J connectivity index is 2.43. The minimum absolute atomic E-state index is 0.720. The Hall–Kier alpha value is -1.10. The summed E-state index contributed by atoms with van der Waals surface area (Å²) in [5.41, 5.74) is 1.05. The van der Waals surface area contributed by atoms with Gasteiger partial charge in [-0.15, -0.1) is 11.3 Å². The number of aliphatic imine (C=N–C) groups is 1. The van der Waals surface area contributed by atoms with Crippen molar-refractivity contribution in [1.82, 2.24) is 15.6 Å². The Morgan fingerprint density at radius 2 is 2.46 bits per heavy atom. The fourth-order valence-corrected chi connectivity index (χ4v) is 1.56. The third-order valence-electron chi connectivity index (χ3n) is 1.56. The number of hydrogen-bond acceptors (Lipinski definition) is 3. The van der Waals surface area contributed by atoms with Gasteiger partial charge in [0, 0.05) is 19.5 Å². The second kappa shape index (κ2) is 4.81. The highest BCUT2D eigenvalue weighted by molar-refractivity contribution is 7.09. The first-order chi connectivity index (χ1) is 6.26. The number of hydrogen-bond donors (Lipinski definition) is 2. The second-order valence-electron chi connectivity index (χ2n) is 2.53. The Kier molecular flexibility index (Phi) is 3.70. The van der Waals surface area contributed by atoms with Gasteiger partial charge >= 0.3 is 0 Å². The van der Waals surface area contributed by atoms with Crippen molar-refractivity contribution in [1.29, 1.82) is 0 Å². The number of nitrogens with one attached hydrogen (secondary N) is 2. The van der Waals surface area contributed by atoms with Crippen molar-refractivity contribution in [3.63, 3.8) is 0 Å². The van der Waals surface area contributed by atoms with Crippen molar-refractivity contribution in [2.24, 2.45) is 4.99 Å². The van der Waals surface area contributed by atoms with Crippen molar-refractivity contribution in [3.05, 3.63) is 16.1 Å². The molecule has 1 aromatic heterocycles. The van der Waals surface area contributed by atoms with Crippen LogP contribution in [0.2, 0.25) is 0 Å². The molecule has 1 aromatic rings. The quantitative estimate of drug-likeness (QED) is 0.544. The summed E-state index contributed by atoms with van der Waals surface area (Å²) in [6.07, 6.45) is 0. The fourth-order valence-electron chi connectivity index (χ4n) is 0.943. The van der Waals surface area contributed by atoms with E-state index in [-0.39, 0.29) is 0 Å². The summed E-state index contributed by atoms with van der Waals surface area (Å²) in [5, 5.41) is 9.22. The normalized spacial score (nSPS) is 11.5. The topological polar surface area (TPSA) is 49.3 Å². The van der Waals surface area contributed by atoms with Gasteiger partial charge in [-0.1, -0.05) is 0 Å². The van der Waals surface area contributed by atoms with E-state index in [4.69, 9.17) is 0 Å². The van der Waals surface area contributed by atoms with Gasteiger partial charge in [-0.05, 0) is 6.92 Å². The van der Waals surface area contributed by atoms with E-state index in [1.807, 2.05) is 19.4 Å². The van der Waals surface area contributed by atoms with E-state index >= 15 is 0 Å². The lowest BCUT2D eigenvalue weighted by atomic mass is 10.5. The molecule has 2 N–H and O–H groups in total. The van der Waals surface area contributed by atoms with Gasteiger partial charge in [-0.2, -0.15) is 0 Å². The van der Waals surface area contributed by atoms with E-state index < -0.39 is 0 Å². The maximum atomic E-state index is 4.32. The molecule has 72 valence electrons. The molecule has 0 aliphatic rings. The zero-order chi connectivity index (χ0) is 9.68. The predicted molar refractivity (Wildman–Crippen MR) is 56.1 cm³/mol. The van der Waals surface area contributed by atoms with Gasteiger partial charge in [0.1, 0.15) is 0 Å². The Bertz CT molecular complexity index is 292. The van der Waals surface area contributed by atoms with Crippen LogP contribution >= 0.6 is 11.3 Å². The van der Waals surface area contributed by atoms with Crippen molar-refractivity contribution in [2.45, 2.75) is 13.5 Å². The molecular formula is C8H14N4S. The highest BCUT2D eigenvalue weighted by Crippen LogP contribution is 2.06. The van der Waals surface area contributed by atoms with E-state index in [1.54, 1.807) is 18.4 Å². The van der Waals surface area contributed by atoms with Crippen LogP contribution in [0.4, 0.5) is 0 Å². The van der Waals surface area contributed by atoms with E-state index in [2.05, 4.69) is 20.6 Å². The molecule has 0 atom stereocenters. The van der Waals surface area contributed by atoms with Crippen LogP contribution in [0.25, 0.3) is 0 Å². The van der Waals surface area contributed by atoms with Gasteiger partial charge < -0.3 is 10.6 Å². The zero-order valence-electron chi connectivity index (χ0n) is 8.09. The van der Waals surface area contributed by atoms with Crippen LogP contribution in [0.3, 0.4) is 0 Å². The summed E-state index contributed by atoms with van der Waals surface area (Å²) in [6, 6.07) is 0. The first-order valence-electron chi connectivity index (χ1n) is 4.05. The minimum Gasteiger partial charge on any atom is -0.359 e. The molecule has 0 saturated heterocycles. The molecule has 13 heavy (non-hydrogen) atoms. The van der Waals surface area contributed by atoms with Crippen molar-refractivity contribution in [3.8, 4) is 0 Å². The standard InChI is InChI=1S/C8H14N4S/c1-6-12-7(5-13-6)4-11-8(9-2)10-3/h5H,4H2,1-3H3,(H2,9,10,11). The lowest BCUT2D eigenvalue weighted by molar-refractivity contribution is 0.841. The molecule has 0 radical (unpaired) electrons. The van der Waals surface area contributed by atoms with E-state index in [1.165, 1.54) is 0 Å². The Labute approximate surface area is 82.1 Å². The molecule has 0 fully saturated rings. The summed E-state index contributed by atoms with van der Waals surface area (Å²) in [7, 11) is 3.58. The molecule has 4 nitrogen and oxygen atoms in total. The zero-order valence-corrected chi connectivity index (χ0v) is 8.90. The number of nitrogens with zero attached hydrogens (tertiary/aromatic N) is 2. The van der Waals surface area contributed by atoms with Gasteiger partial charge in [-0.3, -0.25) is 4.99 Å². The van der Waals surface area contributed by atoms with Gasteiger partial charge in [-0.25, -0.2) is 4.98 Å². The smallest absolute Gasteiger partial charge is 0.191 e. The monoisotopic (exact) mass is 198 g/mol. The van der Waals surface area contributed by atoms with Crippen molar-refractivity contribution >= 4 is 17.3 Å². The van der Waals surface area contributed by atoms with E-state index in [9.17, 15) is 0 Å². The van der Waals surface area contributed by atoms with Crippen LogP contribution in [-0.2, 0) is 6.54 Å². The van der Waals surface area contributed by atoms with Crippen LogP contribution in [0.1, 0.15) is 10.7 Å². The average Bonchev–Trinajstić information content (AvgIpc) is 2.53. The highest BCUT2D eigenvalue weighted by atomic mass is 32.1. The van der Waals surface area contributed by atoms with Gasteiger partial charge in [0.15, 0.2) is 5.96 Å². The molecule has 0 aliphatic heterocycles. The van der Waals surface area contributed by atoms with Crippen molar-refractivity contribution in [2.75, 3.05) is 14.1 Å². The molecule has 0 aromatic carbocycles. The van der Waals surface area contributed by atoms with E-state index in [0.717, 1.165) is 23.2 Å². The first-order valence-corrected chi connectivity index (χ1v) is 4.93. The third-order valence-corrected chi connectivity index (χ3v) is 2.39. The number of thiazole rings is 1. The second-order valence-corrected chi connectivity index (χ2v) is 3.60. The van der Waals surface area contributed by atoms with Crippen LogP contribution in [-0.4, -0.2) is 25.0 Å². The third kappa shape index (κ3) is 3.02. The number of aromatic nitrogens is 1. The number of aryl methyl sites for hydroxylation is 1. The van der Waals surface area contributed by atoms with Crippen molar-refractivity contribution < 1.29 is 0 Å². The molecular weight excluding hydrogens is 184 g/mol. The maximum Gasteiger partial charge on any atom is 0.191 e. The number of guanidine groups is 1. The summed E-state index contributed by atoms with van der Waals surface area (Å²) in [6.45, 7) is 2.72. The SMILES string of the molecule is CN=C(NC)NCc1csc(C)n1. The highest BCUT2D eigenvalue weighted by Gasteiger charge is 1.98. The van der Waals surface area contributed by atoms with Crippen LogP contribution in [0, 0.1) is 6.92 Å². The molecule has 0 bridgehead atoms. The molecule has 1 heterocycles. The summed E-state index contributed by atoms with van der Waals surface area (Å²) >= 11 is 1.66. The maximum absolute atomic E-state index is 4.32. The Morgan fingerprint density at radius 1 is 1.69 bits per heavy atom.